The van der Waals surface area contributed by atoms with Crippen LogP contribution in [0.4, 0.5) is 0 Å². The fourth-order valence-electron chi connectivity index (χ4n) is 3.24. The van der Waals surface area contributed by atoms with E-state index in [1.54, 1.807) is 0 Å². The molecule has 1 aromatic rings. The van der Waals surface area contributed by atoms with E-state index >= 15 is 0 Å². The van der Waals surface area contributed by atoms with Gasteiger partial charge in [0, 0.05) is 32.7 Å². The summed E-state index contributed by atoms with van der Waals surface area (Å²) in [5, 5.41) is 2.94. The fourth-order valence-corrected chi connectivity index (χ4v) is 3.24. The van der Waals surface area contributed by atoms with Crippen molar-refractivity contribution in [2.75, 3.05) is 33.7 Å². The molecule has 1 amide bonds. The number of carbonyl (C=O) groups is 1. The van der Waals surface area contributed by atoms with Crippen molar-refractivity contribution in [2.24, 2.45) is 5.92 Å². The summed E-state index contributed by atoms with van der Waals surface area (Å²) in [6.07, 6.45) is 1.06. The number of nitrogens with zero attached hydrogens (tertiary/aromatic N) is 2. The molecule has 0 spiro atoms. The van der Waals surface area contributed by atoms with Crippen molar-refractivity contribution in [1.29, 1.82) is 0 Å². The number of amides is 1. The summed E-state index contributed by atoms with van der Waals surface area (Å²) in [6, 6.07) is 11.0. The predicted octanol–water partition coefficient (Wildman–Crippen LogP) is 1.57. The maximum absolute atomic E-state index is 12.0. The first kappa shape index (κ1) is 16.0. The highest BCUT2D eigenvalue weighted by atomic mass is 16.2. The molecule has 4 heteroatoms. The number of likely N-dealkylation sites (tertiary alicyclic amines) is 1. The second kappa shape index (κ2) is 7.57. The van der Waals surface area contributed by atoms with Crippen LogP contribution >= 0.6 is 0 Å². The van der Waals surface area contributed by atoms with Crippen LogP contribution in [0.3, 0.4) is 0 Å². The molecule has 1 aromatic carbocycles. The molecule has 1 aliphatic rings. The Labute approximate surface area is 128 Å². The van der Waals surface area contributed by atoms with Gasteiger partial charge in [-0.25, -0.2) is 0 Å². The minimum absolute atomic E-state index is 0.186. The lowest BCUT2D eigenvalue weighted by Crippen LogP contribution is -2.51. The summed E-state index contributed by atoms with van der Waals surface area (Å²) in [4.78, 5) is 16.4. The Morgan fingerprint density at radius 3 is 2.71 bits per heavy atom. The number of carbonyl (C=O) groups excluding carboxylic acids is 1. The van der Waals surface area contributed by atoms with Crippen molar-refractivity contribution < 1.29 is 4.79 Å². The highest BCUT2D eigenvalue weighted by Crippen LogP contribution is 2.22. The van der Waals surface area contributed by atoms with Crippen LogP contribution in [0.15, 0.2) is 30.3 Å². The van der Waals surface area contributed by atoms with Crippen molar-refractivity contribution >= 4 is 5.91 Å². The topological polar surface area (TPSA) is 35.6 Å². The van der Waals surface area contributed by atoms with Crippen LogP contribution in [0.25, 0.3) is 0 Å². The second-order valence-electron chi connectivity index (χ2n) is 6.09. The fraction of sp³-hybridized carbons (Fsp3) is 0.588. The van der Waals surface area contributed by atoms with Crippen molar-refractivity contribution in [2.45, 2.75) is 25.9 Å². The third-order valence-corrected chi connectivity index (χ3v) is 4.41. The number of benzene rings is 1. The average Bonchev–Trinajstić information content (AvgIpc) is 2.48. The molecule has 1 heterocycles. The van der Waals surface area contributed by atoms with Gasteiger partial charge in [-0.15, -0.1) is 0 Å². The van der Waals surface area contributed by atoms with E-state index in [9.17, 15) is 4.79 Å². The van der Waals surface area contributed by atoms with Gasteiger partial charge in [0.25, 0.3) is 0 Å². The maximum Gasteiger partial charge on any atom is 0.236 e. The van der Waals surface area contributed by atoms with Gasteiger partial charge in [-0.05, 0) is 24.9 Å². The summed E-state index contributed by atoms with van der Waals surface area (Å²) in [6.45, 7) is 5.79. The standard InChI is InChI=1S/C17H27N3O/c1-14-12-20(13-15-7-5-4-6-8-15)10-9-16(14)19(3)17(21)11-18-2/h4-8,14,16,18H,9-13H2,1-3H3. The molecule has 0 bridgehead atoms. The lowest BCUT2D eigenvalue weighted by Gasteiger charge is -2.41. The zero-order valence-electron chi connectivity index (χ0n) is 13.4. The molecule has 116 valence electrons. The largest absolute Gasteiger partial charge is 0.341 e. The third kappa shape index (κ3) is 4.29. The van der Waals surface area contributed by atoms with Crippen LogP contribution < -0.4 is 5.32 Å². The van der Waals surface area contributed by atoms with Crippen LogP contribution in [0.5, 0.6) is 0 Å². The van der Waals surface area contributed by atoms with E-state index in [1.807, 2.05) is 19.0 Å². The van der Waals surface area contributed by atoms with Crippen molar-refractivity contribution in [1.82, 2.24) is 15.1 Å². The van der Waals surface area contributed by atoms with E-state index in [-0.39, 0.29) is 5.91 Å². The maximum atomic E-state index is 12.0. The monoisotopic (exact) mass is 289 g/mol. The summed E-state index contributed by atoms with van der Waals surface area (Å²) >= 11 is 0. The van der Waals surface area contributed by atoms with Crippen LogP contribution in [0.2, 0.25) is 0 Å². The van der Waals surface area contributed by atoms with Gasteiger partial charge in [-0.1, -0.05) is 37.3 Å². The van der Waals surface area contributed by atoms with Gasteiger partial charge in [0.05, 0.1) is 6.54 Å². The van der Waals surface area contributed by atoms with Crippen LogP contribution in [0, 0.1) is 5.92 Å². The normalized spacial score (nSPS) is 23.0. The Bertz CT molecular complexity index is 449. The van der Waals surface area contributed by atoms with Crippen molar-refractivity contribution in [3.63, 3.8) is 0 Å². The van der Waals surface area contributed by atoms with Gasteiger partial charge in [0.2, 0.25) is 5.91 Å². The molecule has 1 N–H and O–H groups in total. The molecular formula is C17H27N3O. The van der Waals surface area contributed by atoms with Gasteiger partial charge in [0.15, 0.2) is 0 Å². The number of likely N-dealkylation sites (N-methyl/N-ethyl adjacent to an activating group) is 2. The first-order valence-electron chi connectivity index (χ1n) is 7.78. The van der Waals surface area contributed by atoms with E-state index in [2.05, 4.69) is 47.5 Å². The molecule has 2 rings (SSSR count). The summed E-state index contributed by atoms with van der Waals surface area (Å²) in [5.41, 5.74) is 1.36. The Balaban J connectivity index is 1.88. The van der Waals surface area contributed by atoms with E-state index in [1.165, 1.54) is 5.56 Å². The highest BCUT2D eigenvalue weighted by Gasteiger charge is 2.30. The Hall–Kier alpha value is -1.39. The molecule has 0 aromatic heterocycles. The quantitative estimate of drug-likeness (QED) is 0.894. The number of hydrogen-bond donors (Lipinski definition) is 1. The molecule has 1 aliphatic heterocycles. The van der Waals surface area contributed by atoms with Crippen LogP contribution in [-0.2, 0) is 11.3 Å². The Morgan fingerprint density at radius 1 is 1.38 bits per heavy atom. The average molecular weight is 289 g/mol. The minimum atomic E-state index is 0.186. The van der Waals surface area contributed by atoms with Crippen LogP contribution in [0.1, 0.15) is 18.9 Å². The first-order valence-corrected chi connectivity index (χ1v) is 7.78. The summed E-state index contributed by atoms with van der Waals surface area (Å²) < 4.78 is 0. The molecule has 1 fully saturated rings. The van der Waals surface area contributed by atoms with E-state index < -0.39 is 0 Å². The van der Waals surface area contributed by atoms with Gasteiger partial charge in [0.1, 0.15) is 0 Å². The lowest BCUT2D eigenvalue weighted by atomic mass is 9.92. The van der Waals surface area contributed by atoms with Gasteiger partial charge in [-0.2, -0.15) is 0 Å². The van der Waals surface area contributed by atoms with E-state index in [4.69, 9.17) is 0 Å². The van der Waals surface area contributed by atoms with Gasteiger partial charge < -0.3 is 10.2 Å². The Kier molecular flexibility index (Phi) is 5.76. The molecule has 2 unspecified atom stereocenters. The van der Waals surface area contributed by atoms with Crippen molar-refractivity contribution in [3.8, 4) is 0 Å². The molecule has 1 saturated heterocycles. The van der Waals surface area contributed by atoms with Crippen LogP contribution in [-0.4, -0.2) is 55.5 Å². The summed E-state index contributed by atoms with van der Waals surface area (Å²) in [5.74, 6) is 0.694. The lowest BCUT2D eigenvalue weighted by molar-refractivity contribution is -0.133. The number of hydrogen-bond acceptors (Lipinski definition) is 3. The molecule has 0 radical (unpaired) electrons. The molecule has 0 aliphatic carbocycles. The molecule has 21 heavy (non-hydrogen) atoms. The van der Waals surface area contributed by atoms with Crippen molar-refractivity contribution in [3.05, 3.63) is 35.9 Å². The predicted molar refractivity (Wildman–Crippen MR) is 86.0 cm³/mol. The van der Waals surface area contributed by atoms with E-state index in [0.717, 1.165) is 26.1 Å². The minimum Gasteiger partial charge on any atom is -0.341 e. The molecule has 2 atom stereocenters. The highest BCUT2D eigenvalue weighted by molar-refractivity contribution is 5.78. The second-order valence-corrected chi connectivity index (χ2v) is 6.09. The number of nitrogens with one attached hydrogen (secondary N) is 1. The number of rotatable bonds is 5. The first-order chi connectivity index (χ1) is 10.1. The van der Waals surface area contributed by atoms with Gasteiger partial charge in [-0.3, -0.25) is 9.69 Å². The molecule has 0 saturated carbocycles. The molecular weight excluding hydrogens is 262 g/mol. The third-order valence-electron chi connectivity index (χ3n) is 4.41. The van der Waals surface area contributed by atoms with Gasteiger partial charge >= 0.3 is 0 Å². The zero-order valence-corrected chi connectivity index (χ0v) is 13.4. The SMILES string of the molecule is CNCC(=O)N(C)C1CCN(Cc2ccccc2)CC1C. The summed E-state index contributed by atoms with van der Waals surface area (Å²) in [7, 11) is 3.76. The smallest absolute Gasteiger partial charge is 0.236 e. The van der Waals surface area contributed by atoms with E-state index in [0.29, 0.717) is 18.5 Å². The number of piperidine rings is 1. The molecule has 4 nitrogen and oxygen atoms in total. The zero-order chi connectivity index (χ0) is 15.2. The Morgan fingerprint density at radius 2 is 2.10 bits per heavy atom.